The van der Waals surface area contributed by atoms with Crippen LogP contribution in [0.4, 0.5) is 17.6 Å². The van der Waals surface area contributed by atoms with Gasteiger partial charge in [0, 0.05) is 12.6 Å². The van der Waals surface area contributed by atoms with Crippen LogP contribution in [0.25, 0.3) is 0 Å². The minimum Gasteiger partial charge on any atom is -0.375 e. The summed E-state index contributed by atoms with van der Waals surface area (Å²) in [5.74, 6) is -1.06. The van der Waals surface area contributed by atoms with Gasteiger partial charge in [0.15, 0.2) is 0 Å². The molecule has 18 heavy (non-hydrogen) atoms. The lowest BCUT2D eigenvalue weighted by Crippen LogP contribution is -2.25. The molecule has 102 valence electrons. The maximum atomic E-state index is 13.3. The van der Waals surface area contributed by atoms with Crippen LogP contribution in [0.2, 0.25) is 0 Å². The van der Waals surface area contributed by atoms with Gasteiger partial charge >= 0.3 is 0 Å². The molecule has 1 rings (SSSR count). The molecule has 0 saturated heterocycles. The van der Waals surface area contributed by atoms with Crippen LogP contribution in [0.15, 0.2) is 18.2 Å². The SMILES string of the molecule is NC(CCOCC(F)F)Cc1cc(F)ccc1F. The quantitative estimate of drug-likeness (QED) is 0.607. The third-order valence-electron chi connectivity index (χ3n) is 2.37. The van der Waals surface area contributed by atoms with Gasteiger partial charge in [-0.1, -0.05) is 0 Å². The minimum absolute atomic E-state index is 0.0719. The topological polar surface area (TPSA) is 35.2 Å². The van der Waals surface area contributed by atoms with E-state index < -0.39 is 30.7 Å². The van der Waals surface area contributed by atoms with E-state index in [2.05, 4.69) is 4.74 Å². The lowest BCUT2D eigenvalue weighted by molar-refractivity contribution is 0.0152. The number of nitrogens with two attached hydrogens (primary N) is 1. The highest BCUT2D eigenvalue weighted by molar-refractivity contribution is 5.19. The van der Waals surface area contributed by atoms with Crippen molar-refractivity contribution in [3.8, 4) is 0 Å². The summed E-state index contributed by atoms with van der Waals surface area (Å²) in [6.07, 6.45) is -2.06. The minimum atomic E-state index is -2.51. The van der Waals surface area contributed by atoms with Crippen LogP contribution in [0.5, 0.6) is 0 Å². The summed E-state index contributed by atoms with van der Waals surface area (Å²) in [4.78, 5) is 0. The van der Waals surface area contributed by atoms with E-state index >= 15 is 0 Å². The Hall–Kier alpha value is -1.14. The number of benzene rings is 1. The summed E-state index contributed by atoms with van der Waals surface area (Å²) >= 11 is 0. The Morgan fingerprint density at radius 1 is 1.22 bits per heavy atom. The summed E-state index contributed by atoms with van der Waals surface area (Å²) in [5, 5.41) is 0. The molecule has 0 spiro atoms. The average Bonchev–Trinajstić information content (AvgIpc) is 2.29. The van der Waals surface area contributed by atoms with Crippen molar-refractivity contribution in [2.24, 2.45) is 5.73 Å². The molecule has 0 bridgehead atoms. The van der Waals surface area contributed by atoms with Crippen LogP contribution in [-0.2, 0) is 11.2 Å². The molecule has 0 aliphatic heterocycles. The summed E-state index contributed by atoms with van der Waals surface area (Å²) in [7, 11) is 0. The first-order valence-corrected chi connectivity index (χ1v) is 5.54. The van der Waals surface area contributed by atoms with Gasteiger partial charge in [-0.3, -0.25) is 0 Å². The molecule has 0 aliphatic rings. The van der Waals surface area contributed by atoms with E-state index in [1.54, 1.807) is 0 Å². The molecule has 0 radical (unpaired) electrons. The highest BCUT2D eigenvalue weighted by Gasteiger charge is 2.10. The van der Waals surface area contributed by atoms with Crippen LogP contribution in [0.3, 0.4) is 0 Å². The Labute approximate surface area is 103 Å². The van der Waals surface area contributed by atoms with Crippen LogP contribution in [-0.4, -0.2) is 25.7 Å². The number of halogens is 4. The molecule has 0 aliphatic carbocycles. The largest absolute Gasteiger partial charge is 0.375 e. The molecule has 0 amide bonds. The average molecular weight is 265 g/mol. The number of ether oxygens (including phenoxy) is 1. The third kappa shape index (κ3) is 5.46. The summed E-state index contributed by atoms with van der Waals surface area (Å²) in [6.45, 7) is -0.566. The lowest BCUT2D eigenvalue weighted by atomic mass is 10.0. The van der Waals surface area contributed by atoms with E-state index in [-0.39, 0.29) is 18.6 Å². The van der Waals surface area contributed by atoms with Gasteiger partial charge in [-0.15, -0.1) is 0 Å². The van der Waals surface area contributed by atoms with Gasteiger partial charge in [0.05, 0.1) is 0 Å². The van der Waals surface area contributed by atoms with Crippen LogP contribution >= 0.6 is 0 Å². The number of hydrogen-bond acceptors (Lipinski definition) is 2. The van der Waals surface area contributed by atoms with Crippen molar-refractivity contribution in [2.75, 3.05) is 13.2 Å². The second-order valence-corrected chi connectivity index (χ2v) is 3.95. The van der Waals surface area contributed by atoms with Crippen molar-refractivity contribution in [3.63, 3.8) is 0 Å². The van der Waals surface area contributed by atoms with Gasteiger partial charge < -0.3 is 10.5 Å². The first kappa shape index (κ1) is 14.9. The molecule has 0 aromatic heterocycles. The van der Waals surface area contributed by atoms with Gasteiger partial charge in [0.2, 0.25) is 0 Å². The zero-order chi connectivity index (χ0) is 13.5. The van der Waals surface area contributed by atoms with Crippen molar-refractivity contribution in [2.45, 2.75) is 25.3 Å². The van der Waals surface area contributed by atoms with Gasteiger partial charge in [-0.05, 0) is 36.6 Å². The summed E-state index contributed by atoms with van der Waals surface area (Å²) in [5.41, 5.74) is 5.86. The zero-order valence-electron chi connectivity index (χ0n) is 9.71. The van der Waals surface area contributed by atoms with E-state index in [1.165, 1.54) is 0 Å². The second kappa shape index (κ2) is 7.33. The van der Waals surface area contributed by atoms with Gasteiger partial charge in [-0.2, -0.15) is 0 Å². The highest BCUT2D eigenvalue weighted by atomic mass is 19.3. The first-order chi connectivity index (χ1) is 8.49. The Bertz CT molecular complexity index is 373. The molecule has 0 fully saturated rings. The summed E-state index contributed by atoms with van der Waals surface area (Å²) in [6, 6.07) is 2.68. The van der Waals surface area contributed by atoms with Gasteiger partial charge in [-0.25, -0.2) is 17.6 Å². The van der Waals surface area contributed by atoms with Gasteiger partial charge in [0.25, 0.3) is 6.43 Å². The number of hydrogen-bond donors (Lipinski definition) is 1. The monoisotopic (exact) mass is 265 g/mol. The van der Waals surface area contributed by atoms with Crippen molar-refractivity contribution in [1.29, 1.82) is 0 Å². The Morgan fingerprint density at radius 3 is 2.61 bits per heavy atom. The fraction of sp³-hybridized carbons (Fsp3) is 0.500. The number of alkyl halides is 2. The van der Waals surface area contributed by atoms with Crippen molar-refractivity contribution >= 4 is 0 Å². The molecular formula is C12H15F4NO. The van der Waals surface area contributed by atoms with Crippen LogP contribution < -0.4 is 5.73 Å². The van der Waals surface area contributed by atoms with Crippen molar-refractivity contribution < 1.29 is 22.3 Å². The molecule has 2 nitrogen and oxygen atoms in total. The highest BCUT2D eigenvalue weighted by Crippen LogP contribution is 2.12. The van der Waals surface area contributed by atoms with E-state index in [4.69, 9.17) is 5.73 Å². The Kier molecular flexibility index (Phi) is 6.07. The molecular weight excluding hydrogens is 250 g/mol. The standard InChI is InChI=1S/C12H15F4NO/c13-9-1-2-11(14)8(5-9)6-10(17)3-4-18-7-12(15)16/h1-2,5,10,12H,3-4,6-7,17H2. The zero-order valence-corrected chi connectivity index (χ0v) is 9.71. The summed E-state index contributed by atoms with van der Waals surface area (Å²) < 4.78 is 54.3. The molecule has 0 saturated carbocycles. The first-order valence-electron chi connectivity index (χ1n) is 5.54. The Morgan fingerprint density at radius 2 is 1.94 bits per heavy atom. The molecule has 1 atom stereocenters. The second-order valence-electron chi connectivity index (χ2n) is 3.95. The van der Waals surface area contributed by atoms with E-state index in [0.29, 0.717) is 6.42 Å². The fourth-order valence-electron chi connectivity index (χ4n) is 1.49. The predicted octanol–water partition coefficient (Wildman–Crippen LogP) is 2.51. The Balaban J connectivity index is 2.35. The van der Waals surface area contributed by atoms with E-state index in [9.17, 15) is 17.6 Å². The van der Waals surface area contributed by atoms with Gasteiger partial charge in [0.1, 0.15) is 18.2 Å². The third-order valence-corrected chi connectivity index (χ3v) is 2.37. The lowest BCUT2D eigenvalue weighted by Gasteiger charge is -2.12. The fourth-order valence-corrected chi connectivity index (χ4v) is 1.49. The van der Waals surface area contributed by atoms with E-state index in [0.717, 1.165) is 18.2 Å². The maximum Gasteiger partial charge on any atom is 0.261 e. The normalized spacial score (nSPS) is 13.0. The van der Waals surface area contributed by atoms with Crippen LogP contribution in [0, 0.1) is 11.6 Å². The predicted molar refractivity (Wildman–Crippen MR) is 59.5 cm³/mol. The number of rotatable bonds is 7. The molecule has 2 N–H and O–H groups in total. The molecule has 1 aromatic carbocycles. The smallest absolute Gasteiger partial charge is 0.261 e. The van der Waals surface area contributed by atoms with E-state index in [1.807, 2.05) is 0 Å². The molecule has 0 heterocycles. The molecule has 1 aromatic rings. The maximum absolute atomic E-state index is 13.3. The van der Waals surface area contributed by atoms with Crippen LogP contribution in [0.1, 0.15) is 12.0 Å². The molecule has 1 unspecified atom stereocenters. The molecule has 6 heteroatoms. The van der Waals surface area contributed by atoms with Crippen molar-refractivity contribution in [1.82, 2.24) is 0 Å². The van der Waals surface area contributed by atoms with Crippen molar-refractivity contribution in [3.05, 3.63) is 35.4 Å².